The van der Waals surface area contributed by atoms with E-state index < -0.39 is 18.3 Å². The molecule has 0 aromatic heterocycles. The van der Waals surface area contributed by atoms with Gasteiger partial charge in [0.2, 0.25) is 0 Å². The fourth-order valence-electron chi connectivity index (χ4n) is 2.10. The smallest absolute Gasteiger partial charge is 0.392 e. The second-order valence-corrected chi connectivity index (χ2v) is 5.45. The van der Waals surface area contributed by atoms with Crippen molar-refractivity contribution in [2.24, 2.45) is 5.92 Å². The maximum Gasteiger partial charge on any atom is 0.418 e. The summed E-state index contributed by atoms with van der Waals surface area (Å²) in [6, 6.07) is 3.90. The fourth-order valence-corrected chi connectivity index (χ4v) is 2.10. The van der Waals surface area contributed by atoms with E-state index in [0.29, 0.717) is 25.7 Å². The summed E-state index contributed by atoms with van der Waals surface area (Å²) in [5, 5.41) is 8.99. The summed E-state index contributed by atoms with van der Waals surface area (Å²) in [5.41, 5.74) is -0.363. The molecule has 1 aromatic rings. The van der Waals surface area contributed by atoms with E-state index in [4.69, 9.17) is 9.84 Å². The largest absolute Gasteiger partial charge is 0.418 e. The second kappa shape index (κ2) is 6.66. The van der Waals surface area contributed by atoms with Crippen LogP contribution in [0.15, 0.2) is 18.2 Å². The van der Waals surface area contributed by atoms with E-state index in [0.717, 1.165) is 6.07 Å². The van der Waals surface area contributed by atoms with Gasteiger partial charge in [-0.3, -0.25) is 0 Å². The number of benzene rings is 1. The van der Waals surface area contributed by atoms with Crippen LogP contribution in [0.4, 0.5) is 18.9 Å². The molecule has 21 heavy (non-hydrogen) atoms. The van der Waals surface area contributed by atoms with E-state index in [1.165, 1.54) is 29.9 Å². The molecule has 1 aliphatic rings. The van der Waals surface area contributed by atoms with Crippen LogP contribution in [0.2, 0.25) is 0 Å². The Bertz CT molecular complexity index is 472. The third-order valence-corrected chi connectivity index (χ3v) is 3.58. The molecule has 1 fully saturated rings. The quantitative estimate of drug-likeness (QED) is 0.786. The first-order valence-electron chi connectivity index (χ1n) is 7.01. The standard InChI is InChI=1S/C15H20F3NO2/c1-19(6-7-21-10-11-2-3-11)14-5-4-12(9-20)8-13(14)15(16,17)18/h4-5,8,11,20H,2-3,6-7,9-10H2,1H3. The van der Waals surface area contributed by atoms with Crippen molar-refractivity contribution in [2.45, 2.75) is 25.6 Å². The summed E-state index contributed by atoms with van der Waals surface area (Å²) < 4.78 is 44.7. The number of hydrogen-bond acceptors (Lipinski definition) is 3. The number of aliphatic hydroxyl groups excluding tert-OH is 1. The molecule has 1 aliphatic carbocycles. The lowest BCUT2D eigenvalue weighted by molar-refractivity contribution is -0.137. The Balaban J connectivity index is 2.01. The first-order valence-corrected chi connectivity index (χ1v) is 7.01. The van der Waals surface area contributed by atoms with Crippen LogP contribution in [0.3, 0.4) is 0 Å². The van der Waals surface area contributed by atoms with Crippen molar-refractivity contribution in [3.63, 3.8) is 0 Å². The summed E-state index contributed by atoms with van der Waals surface area (Å²) in [5.74, 6) is 0.643. The first kappa shape index (κ1) is 16.1. The molecule has 0 spiro atoms. The number of halogens is 3. The highest BCUT2D eigenvalue weighted by Gasteiger charge is 2.34. The van der Waals surface area contributed by atoms with Crippen molar-refractivity contribution < 1.29 is 23.0 Å². The van der Waals surface area contributed by atoms with Gasteiger partial charge in [-0.1, -0.05) is 6.07 Å². The maximum atomic E-state index is 13.1. The van der Waals surface area contributed by atoms with Crippen molar-refractivity contribution in [3.8, 4) is 0 Å². The molecule has 0 heterocycles. The number of aliphatic hydroxyl groups is 1. The Kier molecular flexibility index (Phi) is 5.11. The van der Waals surface area contributed by atoms with Gasteiger partial charge in [-0.2, -0.15) is 13.2 Å². The van der Waals surface area contributed by atoms with Gasteiger partial charge < -0.3 is 14.7 Å². The lowest BCUT2D eigenvalue weighted by Gasteiger charge is -2.24. The Hall–Kier alpha value is -1.27. The van der Waals surface area contributed by atoms with Gasteiger partial charge in [0.15, 0.2) is 0 Å². The lowest BCUT2D eigenvalue weighted by Crippen LogP contribution is -2.25. The zero-order valence-electron chi connectivity index (χ0n) is 12.0. The molecule has 0 aliphatic heterocycles. The maximum absolute atomic E-state index is 13.1. The van der Waals surface area contributed by atoms with Gasteiger partial charge in [0.05, 0.1) is 18.8 Å². The van der Waals surface area contributed by atoms with Crippen LogP contribution < -0.4 is 4.90 Å². The Morgan fingerprint density at radius 1 is 1.33 bits per heavy atom. The van der Waals surface area contributed by atoms with E-state index in [1.807, 2.05) is 0 Å². The van der Waals surface area contributed by atoms with Crippen LogP contribution in [0.5, 0.6) is 0 Å². The molecular weight excluding hydrogens is 283 g/mol. The van der Waals surface area contributed by atoms with Gasteiger partial charge in [0.25, 0.3) is 0 Å². The molecule has 2 rings (SSSR count). The minimum absolute atomic E-state index is 0.106. The number of hydrogen-bond donors (Lipinski definition) is 1. The molecule has 0 unspecified atom stereocenters. The van der Waals surface area contributed by atoms with Gasteiger partial charge in [-0.15, -0.1) is 0 Å². The van der Waals surface area contributed by atoms with Gasteiger partial charge in [-0.25, -0.2) is 0 Å². The van der Waals surface area contributed by atoms with Crippen LogP contribution in [0.25, 0.3) is 0 Å². The minimum Gasteiger partial charge on any atom is -0.392 e. The summed E-state index contributed by atoms with van der Waals surface area (Å²) >= 11 is 0. The van der Waals surface area contributed by atoms with E-state index in [-0.39, 0.29) is 11.3 Å². The molecular formula is C15H20F3NO2. The highest BCUT2D eigenvalue weighted by Crippen LogP contribution is 2.37. The highest BCUT2D eigenvalue weighted by atomic mass is 19.4. The Morgan fingerprint density at radius 2 is 2.05 bits per heavy atom. The molecule has 0 atom stereocenters. The number of ether oxygens (including phenoxy) is 1. The summed E-state index contributed by atoms with van der Waals surface area (Å²) in [7, 11) is 1.61. The van der Waals surface area contributed by atoms with Crippen molar-refractivity contribution in [1.29, 1.82) is 0 Å². The van der Waals surface area contributed by atoms with Crippen molar-refractivity contribution in [1.82, 2.24) is 0 Å². The summed E-state index contributed by atoms with van der Waals surface area (Å²) in [4.78, 5) is 1.54. The fraction of sp³-hybridized carbons (Fsp3) is 0.600. The first-order chi connectivity index (χ1) is 9.91. The van der Waals surface area contributed by atoms with Crippen LogP contribution in [0, 0.1) is 5.92 Å². The second-order valence-electron chi connectivity index (χ2n) is 5.45. The van der Waals surface area contributed by atoms with E-state index in [1.54, 1.807) is 7.05 Å². The molecule has 1 aromatic carbocycles. The molecule has 118 valence electrons. The highest BCUT2D eigenvalue weighted by molar-refractivity contribution is 5.56. The van der Waals surface area contributed by atoms with Crippen LogP contribution in [-0.2, 0) is 17.5 Å². The predicted molar refractivity (Wildman–Crippen MR) is 74.2 cm³/mol. The van der Waals surface area contributed by atoms with Gasteiger partial charge in [0.1, 0.15) is 0 Å². The zero-order chi connectivity index (χ0) is 15.5. The zero-order valence-corrected chi connectivity index (χ0v) is 12.0. The summed E-state index contributed by atoms with van der Waals surface area (Å²) in [6.45, 7) is 1.10. The molecule has 1 N–H and O–H groups in total. The average molecular weight is 303 g/mol. The summed E-state index contributed by atoms with van der Waals surface area (Å²) in [6.07, 6.45) is -2.06. The SMILES string of the molecule is CN(CCOCC1CC1)c1ccc(CO)cc1C(F)(F)F. The number of alkyl halides is 3. The Morgan fingerprint density at radius 3 is 2.62 bits per heavy atom. The van der Waals surface area contributed by atoms with Crippen LogP contribution >= 0.6 is 0 Å². The van der Waals surface area contributed by atoms with E-state index in [2.05, 4.69) is 0 Å². The van der Waals surface area contributed by atoms with Crippen molar-refractivity contribution in [3.05, 3.63) is 29.3 Å². The molecule has 0 bridgehead atoms. The molecule has 3 nitrogen and oxygen atoms in total. The van der Waals surface area contributed by atoms with Crippen molar-refractivity contribution in [2.75, 3.05) is 31.7 Å². The molecule has 6 heteroatoms. The number of nitrogens with zero attached hydrogens (tertiary/aromatic N) is 1. The third kappa shape index (κ3) is 4.61. The average Bonchev–Trinajstić information content (AvgIpc) is 3.26. The van der Waals surface area contributed by atoms with Crippen LogP contribution in [0.1, 0.15) is 24.0 Å². The number of rotatable bonds is 7. The Labute approximate surface area is 122 Å². The number of anilines is 1. The predicted octanol–water partition coefficient (Wildman–Crippen LogP) is 3.06. The minimum atomic E-state index is -4.44. The number of likely N-dealkylation sites (N-methyl/N-ethyl adjacent to an activating group) is 1. The third-order valence-electron chi connectivity index (χ3n) is 3.58. The molecule has 1 saturated carbocycles. The van der Waals surface area contributed by atoms with E-state index in [9.17, 15) is 13.2 Å². The van der Waals surface area contributed by atoms with Crippen molar-refractivity contribution >= 4 is 5.69 Å². The monoisotopic (exact) mass is 303 g/mol. The molecule has 0 amide bonds. The molecule has 0 radical (unpaired) electrons. The normalized spacial score (nSPS) is 15.3. The van der Waals surface area contributed by atoms with E-state index >= 15 is 0 Å². The topological polar surface area (TPSA) is 32.7 Å². The van der Waals surface area contributed by atoms with Crippen LogP contribution in [-0.4, -0.2) is 31.9 Å². The lowest BCUT2D eigenvalue weighted by atomic mass is 10.1. The van der Waals surface area contributed by atoms with Gasteiger partial charge >= 0.3 is 6.18 Å². The van der Waals surface area contributed by atoms with Gasteiger partial charge in [0, 0.05) is 25.9 Å². The molecule has 0 saturated heterocycles. The van der Waals surface area contributed by atoms with Gasteiger partial charge in [-0.05, 0) is 36.5 Å².